The first-order chi connectivity index (χ1) is 9.11. The Kier molecular flexibility index (Phi) is 4.61. The van der Waals surface area contributed by atoms with Crippen molar-refractivity contribution in [1.29, 1.82) is 0 Å². The number of halogens is 2. The minimum absolute atomic E-state index is 0.0732. The van der Waals surface area contributed by atoms with E-state index in [1.54, 1.807) is 42.6 Å². The van der Waals surface area contributed by atoms with E-state index in [0.717, 1.165) is 0 Å². The van der Waals surface area contributed by atoms with E-state index in [2.05, 4.69) is 4.98 Å². The first-order valence-electron chi connectivity index (χ1n) is 5.55. The SMILES string of the molecule is [O-]N(O)c1ccccc1C(Cl)C(Cl)c1ccccn1. The van der Waals surface area contributed by atoms with Gasteiger partial charge >= 0.3 is 0 Å². The summed E-state index contributed by atoms with van der Waals surface area (Å²) in [5.41, 5.74) is 1.13. The van der Waals surface area contributed by atoms with Crippen LogP contribution in [0.1, 0.15) is 22.0 Å². The monoisotopic (exact) mass is 297 g/mol. The Morgan fingerprint density at radius 1 is 1.05 bits per heavy atom. The Morgan fingerprint density at radius 2 is 1.74 bits per heavy atom. The molecule has 6 heteroatoms. The molecule has 19 heavy (non-hydrogen) atoms. The molecule has 0 spiro atoms. The molecule has 0 radical (unpaired) electrons. The van der Waals surface area contributed by atoms with E-state index in [0.29, 0.717) is 11.3 Å². The van der Waals surface area contributed by atoms with Crippen molar-refractivity contribution in [3.05, 3.63) is 65.1 Å². The van der Waals surface area contributed by atoms with Crippen molar-refractivity contribution in [2.24, 2.45) is 0 Å². The van der Waals surface area contributed by atoms with E-state index >= 15 is 0 Å². The Hall–Kier alpha value is -1.33. The molecule has 1 N–H and O–H groups in total. The van der Waals surface area contributed by atoms with Crippen LogP contribution in [0.3, 0.4) is 0 Å². The highest BCUT2D eigenvalue weighted by atomic mass is 35.5. The minimum atomic E-state index is -0.684. The van der Waals surface area contributed by atoms with Crippen LogP contribution in [0, 0.1) is 5.21 Å². The van der Waals surface area contributed by atoms with Crippen LogP contribution in [0.4, 0.5) is 5.69 Å². The van der Waals surface area contributed by atoms with E-state index in [1.165, 1.54) is 6.07 Å². The Labute approximate surface area is 120 Å². The summed E-state index contributed by atoms with van der Waals surface area (Å²) in [6, 6.07) is 11.8. The van der Waals surface area contributed by atoms with Crippen LogP contribution in [0.5, 0.6) is 0 Å². The highest BCUT2D eigenvalue weighted by molar-refractivity contribution is 6.30. The van der Waals surface area contributed by atoms with Gasteiger partial charge in [0, 0.05) is 6.20 Å². The largest absolute Gasteiger partial charge is 0.733 e. The summed E-state index contributed by atoms with van der Waals surface area (Å²) in [6.45, 7) is 0. The van der Waals surface area contributed by atoms with Crippen LogP contribution in [-0.2, 0) is 0 Å². The number of benzene rings is 1. The predicted molar refractivity (Wildman–Crippen MR) is 75.5 cm³/mol. The van der Waals surface area contributed by atoms with Gasteiger partial charge in [-0.1, -0.05) is 24.3 Å². The number of aromatic nitrogens is 1. The van der Waals surface area contributed by atoms with Crippen molar-refractivity contribution in [2.75, 3.05) is 5.23 Å². The summed E-state index contributed by atoms with van der Waals surface area (Å²) in [5.74, 6) is 0. The van der Waals surface area contributed by atoms with E-state index in [9.17, 15) is 5.21 Å². The Balaban J connectivity index is 2.32. The minimum Gasteiger partial charge on any atom is -0.733 e. The molecule has 4 nitrogen and oxygen atoms in total. The number of hydrogen-bond donors (Lipinski definition) is 1. The maximum absolute atomic E-state index is 11.1. The van der Waals surface area contributed by atoms with E-state index in [4.69, 9.17) is 28.4 Å². The van der Waals surface area contributed by atoms with Gasteiger partial charge in [-0.05, 0) is 23.8 Å². The molecule has 0 aliphatic rings. The van der Waals surface area contributed by atoms with Crippen LogP contribution in [0.2, 0.25) is 0 Å². The Morgan fingerprint density at radius 3 is 2.37 bits per heavy atom. The summed E-state index contributed by atoms with van der Waals surface area (Å²) in [7, 11) is 0. The standard InChI is InChI=1S/C13H11Cl2N2O2/c14-12(13(15)10-6-3-4-8-16-10)9-5-1-2-7-11(9)17(18)19/h1-8,12-13,18H/q-1. The van der Waals surface area contributed by atoms with Crippen LogP contribution in [0.25, 0.3) is 0 Å². The van der Waals surface area contributed by atoms with Crippen molar-refractivity contribution >= 4 is 28.9 Å². The van der Waals surface area contributed by atoms with Crippen LogP contribution in [0.15, 0.2) is 48.7 Å². The van der Waals surface area contributed by atoms with Gasteiger partial charge in [0.1, 0.15) is 0 Å². The summed E-state index contributed by atoms with van der Waals surface area (Å²) >= 11 is 12.6. The van der Waals surface area contributed by atoms with Crippen molar-refractivity contribution in [2.45, 2.75) is 10.8 Å². The lowest BCUT2D eigenvalue weighted by molar-refractivity contribution is 0.295. The van der Waals surface area contributed by atoms with Crippen molar-refractivity contribution in [3.8, 4) is 0 Å². The summed E-state index contributed by atoms with van der Waals surface area (Å²) in [4.78, 5) is 4.13. The molecule has 2 rings (SSSR count). The van der Waals surface area contributed by atoms with Crippen molar-refractivity contribution < 1.29 is 5.21 Å². The summed E-state index contributed by atoms with van der Waals surface area (Å²) in [6.07, 6.45) is 1.62. The molecular formula is C13H11Cl2N2O2-. The number of nitrogens with zero attached hydrogens (tertiary/aromatic N) is 2. The van der Waals surface area contributed by atoms with Gasteiger partial charge in [0.25, 0.3) is 0 Å². The van der Waals surface area contributed by atoms with Gasteiger partial charge in [-0.15, -0.1) is 23.2 Å². The number of rotatable bonds is 4. The molecule has 1 aromatic carbocycles. The molecule has 1 heterocycles. The van der Waals surface area contributed by atoms with E-state index in [-0.39, 0.29) is 10.9 Å². The number of para-hydroxylation sites is 1. The third-order valence-corrected chi connectivity index (χ3v) is 3.76. The Bertz CT molecular complexity index is 537. The number of anilines is 1. The number of pyridine rings is 1. The van der Waals surface area contributed by atoms with Gasteiger partial charge in [0.15, 0.2) is 0 Å². The number of alkyl halides is 2. The zero-order valence-corrected chi connectivity index (χ0v) is 11.3. The quantitative estimate of drug-likeness (QED) is 0.683. The molecule has 0 saturated heterocycles. The van der Waals surface area contributed by atoms with E-state index < -0.39 is 10.8 Å². The average Bonchev–Trinajstić information content (AvgIpc) is 2.46. The second-order valence-electron chi connectivity index (χ2n) is 3.89. The van der Waals surface area contributed by atoms with Crippen LogP contribution >= 0.6 is 23.2 Å². The fourth-order valence-corrected chi connectivity index (χ4v) is 2.32. The van der Waals surface area contributed by atoms with Gasteiger partial charge < -0.3 is 10.4 Å². The van der Waals surface area contributed by atoms with Gasteiger partial charge in [-0.3, -0.25) is 10.2 Å². The summed E-state index contributed by atoms with van der Waals surface area (Å²) < 4.78 is 0. The first-order valence-corrected chi connectivity index (χ1v) is 6.42. The maximum Gasteiger partial charge on any atom is 0.0962 e. The fourth-order valence-electron chi connectivity index (χ4n) is 1.74. The third kappa shape index (κ3) is 3.16. The molecule has 0 aliphatic carbocycles. The molecule has 0 saturated carbocycles. The molecule has 1 aromatic heterocycles. The normalized spacial score (nSPS) is 13.9. The molecule has 0 amide bonds. The fraction of sp³-hybridized carbons (Fsp3) is 0.154. The van der Waals surface area contributed by atoms with Crippen LogP contribution < -0.4 is 5.23 Å². The zero-order valence-electron chi connectivity index (χ0n) is 9.78. The smallest absolute Gasteiger partial charge is 0.0962 e. The van der Waals surface area contributed by atoms with Gasteiger partial charge in [0.05, 0.1) is 22.1 Å². The topological polar surface area (TPSA) is 59.4 Å². The first kappa shape index (κ1) is 14.1. The second kappa shape index (κ2) is 6.21. The molecule has 2 aromatic rings. The number of hydrogen-bond acceptors (Lipinski definition) is 4. The van der Waals surface area contributed by atoms with Gasteiger partial charge in [0.2, 0.25) is 0 Å². The molecule has 0 bridgehead atoms. The molecule has 0 aliphatic heterocycles. The van der Waals surface area contributed by atoms with Crippen molar-refractivity contribution in [3.63, 3.8) is 0 Å². The van der Waals surface area contributed by atoms with Crippen molar-refractivity contribution in [1.82, 2.24) is 4.98 Å². The maximum atomic E-state index is 11.1. The lowest BCUT2D eigenvalue weighted by atomic mass is 10.0. The van der Waals surface area contributed by atoms with Gasteiger partial charge in [-0.2, -0.15) is 0 Å². The highest BCUT2D eigenvalue weighted by Gasteiger charge is 2.24. The molecule has 2 atom stereocenters. The lowest BCUT2D eigenvalue weighted by Gasteiger charge is -2.27. The zero-order chi connectivity index (χ0) is 13.8. The highest BCUT2D eigenvalue weighted by Crippen LogP contribution is 2.41. The molecule has 2 unspecified atom stereocenters. The van der Waals surface area contributed by atoms with Gasteiger partial charge in [-0.25, -0.2) is 0 Å². The van der Waals surface area contributed by atoms with E-state index in [1.807, 2.05) is 0 Å². The second-order valence-corrected chi connectivity index (χ2v) is 4.83. The third-order valence-electron chi connectivity index (χ3n) is 2.67. The summed E-state index contributed by atoms with van der Waals surface area (Å²) in [5, 5.41) is 18.6. The molecule has 100 valence electrons. The average molecular weight is 298 g/mol. The molecule has 0 fully saturated rings. The molecular weight excluding hydrogens is 287 g/mol. The van der Waals surface area contributed by atoms with Crippen LogP contribution in [-0.4, -0.2) is 10.2 Å². The predicted octanol–water partition coefficient (Wildman–Crippen LogP) is 4.04. The lowest BCUT2D eigenvalue weighted by Crippen LogP contribution is -2.12.